The second kappa shape index (κ2) is 8.85. The van der Waals surface area contributed by atoms with E-state index in [9.17, 15) is 9.59 Å². The van der Waals surface area contributed by atoms with Crippen molar-refractivity contribution in [1.29, 1.82) is 0 Å². The van der Waals surface area contributed by atoms with Gasteiger partial charge < -0.3 is 4.90 Å². The molecule has 2 aromatic carbocycles. The number of carbonyl (C=O) groups excluding carboxylic acids is 2. The number of fused-ring (bicyclic) bond motifs is 2. The second-order valence-corrected chi connectivity index (χ2v) is 7.06. The van der Waals surface area contributed by atoms with Crippen LogP contribution in [-0.2, 0) is 6.42 Å². The summed E-state index contributed by atoms with van der Waals surface area (Å²) in [5.74, 6) is 0.0574. The summed E-state index contributed by atoms with van der Waals surface area (Å²) in [6, 6.07) is 15.2. The van der Waals surface area contributed by atoms with Crippen LogP contribution in [0.3, 0.4) is 0 Å². The van der Waals surface area contributed by atoms with Crippen molar-refractivity contribution in [1.82, 2.24) is 4.90 Å². The molecule has 0 saturated carbocycles. The van der Waals surface area contributed by atoms with E-state index in [0.29, 0.717) is 17.7 Å². The summed E-state index contributed by atoms with van der Waals surface area (Å²) in [6.45, 7) is 5.75. The highest BCUT2D eigenvalue weighted by Crippen LogP contribution is 2.36. The Kier molecular flexibility index (Phi) is 6.28. The van der Waals surface area contributed by atoms with Crippen LogP contribution >= 0.6 is 0 Å². The Labute approximate surface area is 161 Å². The number of amides is 2. The lowest BCUT2D eigenvalue weighted by Gasteiger charge is -2.31. The lowest BCUT2D eigenvalue weighted by Crippen LogP contribution is -2.42. The smallest absolute Gasteiger partial charge is 0.324 e. The van der Waals surface area contributed by atoms with Gasteiger partial charge in [-0.05, 0) is 36.6 Å². The standard InChI is InChI=1S/C23H28N2O2/c1-3-5-15-24(16-6-4-2)23(27)25-20-13-9-7-11-18(20)17-22(26)19-12-8-10-14-21(19)25/h7-14H,3-6,15-17H2,1-2H3. The van der Waals surface area contributed by atoms with Gasteiger partial charge >= 0.3 is 6.03 Å². The monoisotopic (exact) mass is 364 g/mol. The first-order valence-corrected chi connectivity index (χ1v) is 9.96. The Hall–Kier alpha value is -2.62. The Morgan fingerprint density at radius 1 is 0.926 bits per heavy atom. The summed E-state index contributed by atoms with van der Waals surface area (Å²) in [5.41, 5.74) is 3.03. The molecule has 0 fully saturated rings. The highest BCUT2D eigenvalue weighted by molar-refractivity contribution is 6.12. The Morgan fingerprint density at radius 3 is 2.19 bits per heavy atom. The first kappa shape index (κ1) is 19.2. The van der Waals surface area contributed by atoms with Gasteiger partial charge in [0.1, 0.15) is 0 Å². The van der Waals surface area contributed by atoms with Crippen molar-refractivity contribution in [2.75, 3.05) is 18.0 Å². The number of anilines is 2. The van der Waals surface area contributed by atoms with Gasteiger partial charge in [-0.3, -0.25) is 9.69 Å². The summed E-state index contributed by atoms with van der Waals surface area (Å²) in [6.07, 6.45) is 4.36. The van der Waals surface area contributed by atoms with Crippen LogP contribution in [0.1, 0.15) is 55.5 Å². The second-order valence-electron chi connectivity index (χ2n) is 7.06. The topological polar surface area (TPSA) is 40.6 Å². The van der Waals surface area contributed by atoms with Crippen molar-refractivity contribution in [3.05, 3.63) is 59.7 Å². The van der Waals surface area contributed by atoms with Crippen molar-refractivity contribution < 1.29 is 9.59 Å². The lowest BCUT2D eigenvalue weighted by molar-refractivity contribution is 0.0994. The molecule has 0 atom stereocenters. The van der Waals surface area contributed by atoms with Crippen LogP contribution in [0, 0.1) is 0 Å². The van der Waals surface area contributed by atoms with Crippen molar-refractivity contribution in [2.24, 2.45) is 0 Å². The zero-order valence-electron chi connectivity index (χ0n) is 16.3. The van der Waals surface area contributed by atoms with Crippen LogP contribution in [-0.4, -0.2) is 29.8 Å². The van der Waals surface area contributed by atoms with Crippen LogP contribution < -0.4 is 4.90 Å². The molecule has 4 heteroatoms. The number of rotatable bonds is 6. The lowest BCUT2D eigenvalue weighted by atomic mass is 10.0. The van der Waals surface area contributed by atoms with Gasteiger partial charge in [0.05, 0.1) is 11.4 Å². The average molecular weight is 364 g/mol. The molecule has 0 N–H and O–H groups in total. The van der Waals surface area contributed by atoms with E-state index >= 15 is 0 Å². The van der Waals surface area contributed by atoms with Gasteiger partial charge in [-0.25, -0.2) is 4.79 Å². The van der Waals surface area contributed by atoms with Crippen molar-refractivity contribution in [3.63, 3.8) is 0 Å². The van der Waals surface area contributed by atoms with Crippen LogP contribution in [0.25, 0.3) is 0 Å². The molecule has 0 radical (unpaired) electrons. The van der Waals surface area contributed by atoms with Gasteiger partial charge in [-0.1, -0.05) is 57.0 Å². The number of hydrogen-bond donors (Lipinski definition) is 0. The third-order valence-corrected chi connectivity index (χ3v) is 5.05. The number of Topliss-reactive ketones (excluding diaryl/α,β-unsaturated/α-hetero) is 1. The minimum atomic E-state index is -0.0356. The summed E-state index contributed by atoms with van der Waals surface area (Å²) in [4.78, 5) is 30.1. The zero-order chi connectivity index (χ0) is 19.2. The van der Waals surface area contributed by atoms with Gasteiger partial charge in [0, 0.05) is 25.1 Å². The molecule has 0 bridgehead atoms. The minimum absolute atomic E-state index is 0.0356. The Bertz CT molecular complexity index is 808. The van der Waals surface area contributed by atoms with E-state index < -0.39 is 0 Å². The predicted molar refractivity (Wildman–Crippen MR) is 110 cm³/mol. The summed E-state index contributed by atoms with van der Waals surface area (Å²) in [5, 5.41) is 0. The molecule has 1 aliphatic heterocycles. The van der Waals surface area contributed by atoms with Crippen LogP contribution in [0.4, 0.5) is 16.2 Å². The molecule has 1 heterocycles. The highest BCUT2D eigenvalue weighted by atomic mass is 16.2. The summed E-state index contributed by atoms with van der Waals surface area (Å²) < 4.78 is 0. The van der Waals surface area contributed by atoms with Crippen molar-refractivity contribution in [2.45, 2.75) is 46.0 Å². The van der Waals surface area contributed by atoms with Gasteiger partial charge in [0.2, 0.25) is 0 Å². The molecule has 0 unspecified atom stereocenters. The minimum Gasteiger partial charge on any atom is -0.324 e. The largest absolute Gasteiger partial charge is 0.329 e. The molecule has 0 saturated heterocycles. The molecule has 1 aliphatic rings. The van der Waals surface area contributed by atoms with Crippen LogP contribution in [0.15, 0.2) is 48.5 Å². The third kappa shape index (κ3) is 4.05. The molecule has 3 rings (SSSR count). The number of carbonyl (C=O) groups is 2. The molecular formula is C23H28N2O2. The van der Waals surface area contributed by atoms with Gasteiger partial charge in [-0.2, -0.15) is 0 Å². The SMILES string of the molecule is CCCCN(CCCC)C(=O)N1c2ccccc2CC(=O)c2ccccc21. The number of hydrogen-bond acceptors (Lipinski definition) is 2. The van der Waals surface area contributed by atoms with Crippen molar-refractivity contribution in [3.8, 4) is 0 Å². The van der Waals surface area contributed by atoms with E-state index in [1.54, 1.807) is 4.90 Å². The molecule has 142 valence electrons. The predicted octanol–water partition coefficient (Wildman–Crippen LogP) is 5.59. The molecule has 27 heavy (non-hydrogen) atoms. The fourth-order valence-electron chi connectivity index (χ4n) is 3.53. The maximum Gasteiger partial charge on any atom is 0.329 e. The van der Waals surface area contributed by atoms with Crippen LogP contribution in [0.2, 0.25) is 0 Å². The first-order chi connectivity index (χ1) is 13.2. The van der Waals surface area contributed by atoms with E-state index in [1.165, 1.54) is 0 Å². The number of benzene rings is 2. The molecular weight excluding hydrogens is 336 g/mol. The highest BCUT2D eigenvalue weighted by Gasteiger charge is 2.31. The van der Waals surface area contributed by atoms with E-state index in [4.69, 9.17) is 0 Å². The average Bonchev–Trinajstić information content (AvgIpc) is 2.81. The summed E-state index contributed by atoms with van der Waals surface area (Å²) >= 11 is 0. The maximum absolute atomic E-state index is 13.6. The van der Waals surface area contributed by atoms with Gasteiger partial charge in [0.25, 0.3) is 0 Å². The fourth-order valence-corrected chi connectivity index (χ4v) is 3.53. The molecule has 0 aromatic heterocycles. The van der Waals surface area contributed by atoms with E-state index in [1.807, 2.05) is 53.4 Å². The number of ketones is 1. The summed E-state index contributed by atoms with van der Waals surface area (Å²) in [7, 11) is 0. The quantitative estimate of drug-likeness (QED) is 0.671. The zero-order valence-corrected chi connectivity index (χ0v) is 16.3. The maximum atomic E-state index is 13.6. The number of urea groups is 1. The third-order valence-electron chi connectivity index (χ3n) is 5.05. The van der Waals surface area contributed by atoms with Crippen LogP contribution in [0.5, 0.6) is 0 Å². The van der Waals surface area contributed by atoms with Gasteiger partial charge in [0.15, 0.2) is 5.78 Å². The Morgan fingerprint density at radius 2 is 1.52 bits per heavy atom. The molecule has 2 aromatic rings. The normalized spacial score (nSPS) is 13.0. The molecule has 4 nitrogen and oxygen atoms in total. The number of nitrogens with zero attached hydrogens (tertiary/aromatic N) is 2. The molecule has 0 aliphatic carbocycles. The van der Waals surface area contributed by atoms with E-state index in [-0.39, 0.29) is 11.8 Å². The van der Waals surface area contributed by atoms with E-state index in [0.717, 1.165) is 50.0 Å². The molecule has 2 amide bonds. The fraction of sp³-hybridized carbons (Fsp3) is 0.391. The van der Waals surface area contributed by atoms with Crippen molar-refractivity contribution >= 4 is 23.2 Å². The van der Waals surface area contributed by atoms with Gasteiger partial charge in [-0.15, -0.1) is 0 Å². The first-order valence-electron chi connectivity index (χ1n) is 9.96. The van der Waals surface area contributed by atoms with E-state index in [2.05, 4.69) is 13.8 Å². The number of unbranched alkanes of at least 4 members (excludes halogenated alkanes) is 2. The Balaban J connectivity index is 2.07. The molecule has 0 spiro atoms. The number of para-hydroxylation sites is 2.